The van der Waals surface area contributed by atoms with Crippen LogP contribution in [0.1, 0.15) is 28.8 Å². The standard InChI is InChI=1S/C16H21NO4/c1-20-16(19)14-4-2-12(3-5-14)6-9-17-15(18)13-7-10-21-11-8-13/h2-5,13H,6-11H2,1H3,(H,17,18). The number of carbonyl (C=O) groups excluding carboxylic acids is 2. The fourth-order valence-corrected chi connectivity index (χ4v) is 2.36. The number of hydrogen-bond acceptors (Lipinski definition) is 4. The molecule has 5 heteroatoms. The van der Waals surface area contributed by atoms with Gasteiger partial charge >= 0.3 is 5.97 Å². The first-order chi connectivity index (χ1) is 10.2. The third-order valence-electron chi connectivity index (χ3n) is 3.68. The molecule has 1 aromatic carbocycles. The number of ether oxygens (including phenoxy) is 2. The van der Waals surface area contributed by atoms with Gasteiger partial charge in [0.2, 0.25) is 5.91 Å². The highest BCUT2D eigenvalue weighted by Crippen LogP contribution is 2.14. The van der Waals surface area contributed by atoms with Gasteiger partial charge in [0.05, 0.1) is 12.7 Å². The van der Waals surface area contributed by atoms with E-state index in [2.05, 4.69) is 10.1 Å². The number of amides is 1. The number of esters is 1. The zero-order valence-corrected chi connectivity index (χ0v) is 12.3. The molecule has 1 aliphatic rings. The van der Waals surface area contributed by atoms with Crippen LogP contribution in [0.4, 0.5) is 0 Å². The molecule has 0 aromatic heterocycles. The van der Waals surface area contributed by atoms with Crippen LogP contribution >= 0.6 is 0 Å². The summed E-state index contributed by atoms with van der Waals surface area (Å²) in [6, 6.07) is 7.24. The molecule has 0 atom stereocenters. The summed E-state index contributed by atoms with van der Waals surface area (Å²) in [5, 5.41) is 2.96. The van der Waals surface area contributed by atoms with Gasteiger partial charge in [-0.3, -0.25) is 4.79 Å². The van der Waals surface area contributed by atoms with Gasteiger partial charge in [0.15, 0.2) is 0 Å². The number of rotatable bonds is 5. The minimum atomic E-state index is -0.339. The molecule has 1 fully saturated rings. The van der Waals surface area contributed by atoms with Crippen molar-refractivity contribution in [2.75, 3.05) is 26.9 Å². The zero-order valence-electron chi connectivity index (χ0n) is 12.3. The Morgan fingerprint density at radius 1 is 1.24 bits per heavy atom. The number of nitrogens with one attached hydrogen (secondary N) is 1. The van der Waals surface area contributed by atoms with E-state index in [4.69, 9.17) is 4.74 Å². The van der Waals surface area contributed by atoms with E-state index in [1.165, 1.54) is 7.11 Å². The highest BCUT2D eigenvalue weighted by atomic mass is 16.5. The summed E-state index contributed by atoms with van der Waals surface area (Å²) < 4.78 is 9.90. The quantitative estimate of drug-likeness (QED) is 0.836. The molecule has 1 aliphatic heterocycles. The van der Waals surface area contributed by atoms with Crippen LogP contribution in [-0.2, 0) is 20.7 Å². The Morgan fingerprint density at radius 2 is 1.90 bits per heavy atom. The van der Waals surface area contributed by atoms with Gasteiger partial charge in [-0.15, -0.1) is 0 Å². The molecule has 2 rings (SSSR count). The largest absolute Gasteiger partial charge is 0.465 e. The second-order valence-electron chi connectivity index (χ2n) is 5.12. The number of methoxy groups -OCH3 is 1. The van der Waals surface area contributed by atoms with E-state index in [0.29, 0.717) is 25.3 Å². The van der Waals surface area contributed by atoms with Crippen molar-refractivity contribution in [2.45, 2.75) is 19.3 Å². The fourth-order valence-electron chi connectivity index (χ4n) is 2.36. The van der Waals surface area contributed by atoms with Gasteiger partial charge in [-0.05, 0) is 37.0 Å². The summed E-state index contributed by atoms with van der Waals surface area (Å²) in [5.41, 5.74) is 1.61. The second-order valence-corrected chi connectivity index (χ2v) is 5.12. The van der Waals surface area contributed by atoms with Crippen molar-refractivity contribution in [3.63, 3.8) is 0 Å². The molecule has 0 unspecified atom stereocenters. The molecule has 5 nitrogen and oxygen atoms in total. The van der Waals surface area contributed by atoms with Crippen LogP contribution in [0.2, 0.25) is 0 Å². The van der Waals surface area contributed by atoms with E-state index in [1.54, 1.807) is 12.1 Å². The summed E-state index contributed by atoms with van der Waals surface area (Å²) in [6.45, 7) is 1.95. The third kappa shape index (κ3) is 4.56. The number of benzene rings is 1. The predicted octanol–water partition coefficient (Wildman–Crippen LogP) is 1.56. The monoisotopic (exact) mass is 291 g/mol. The maximum Gasteiger partial charge on any atom is 0.337 e. The normalized spacial score (nSPS) is 15.5. The van der Waals surface area contributed by atoms with Crippen LogP contribution in [0.25, 0.3) is 0 Å². The molecular weight excluding hydrogens is 270 g/mol. The molecule has 0 aliphatic carbocycles. The van der Waals surface area contributed by atoms with E-state index in [-0.39, 0.29) is 17.8 Å². The SMILES string of the molecule is COC(=O)c1ccc(CCNC(=O)C2CCOCC2)cc1. The summed E-state index contributed by atoms with van der Waals surface area (Å²) >= 11 is 0. The Hall–Kier alpha value is -1.88. The van der Waals surface area contributed by atoms with Crippen LogP contribution < -0.4 is 5.32 Å². The van der Waals surface area contributed by atoms with Crippen molar-refractivity contribution in [3.8, 4) is 0 Å². The van der Waals surface area contributed by atoms with Crippen LogP contribution in [0.3, 0.4) is 0 Å². The van der Waals surface area contributed by atoms with Gasteiger partial charge in [0.25, 0.3) is 0 Å². The summed E-state index contributed by atoms with van der Waals surface area (Å²) in [5.74, 6) is -0.140. The Kier molecular flexibility index (Phi) is 5.75. The van der Waals surface area contributed by atoms with Gasteiger partial charge in [-0.25, -0.2) is 4.79 Å². The zero-order chi connectivity index (χ0) is 15.1. The summed E-state index contributed by atoms with van der Waals surface area (Å²) in [4.78, 5) is 23.3. The van der Waals surface area contributed by atoms with Crippen LogP contribution in [0.5, 0.6) is 0 Å². The molecular formula is C16H21NO4. The topological polar surface area (TPSA) is 64.6 Å². The Morgan fingerprint density at radius 3 is 2.52 bits per heavy atom. The van der Waals surface area contributed by atoms with Crippen molar-refractivity contribution in [3.05, 3.63) is 35.4 Å². The first-order valence-corrected chi connectivity index (χ1v) is 7.23. The van der Waals surface area contributed by atoms with Crippen molar-refractivity contribution in [1.82, 2.24) is 5.32 Å². The minimum Gasteiger partial charge on any atom is -0.465 e. The maximum atomic E-state index is 11.9. The molecule has 1 heterocycles. The lowest BCUT2D eigenvalue weighted by molar-refractivity contribution is -0.127. The minimum absolute atomic E-state index is 0.0838. The summed E-state index contributed by atoms with van der Waals surface area (Å²) in [6.07, 6.45) is 2.36. The summed E-state index contributed by atoms with van der Waals surface area (Å²) in [7, 11) is 1.36. The first-order valence-electron chi connectivity index (χ1n) is 7.23. The van der Waals surface area contributed by atoms with E-state index in [0.717, 1.165) is 24.8 Å². The van der Waals surface area contributed by atoms with Crippen molar-refractivity contribution in [2.24, 2.45) is 5.92 Å². The van der Waals surface area contributed by atoms with Crippen LogP contribution in [0, 0.1) is 5.92 Å². The van der Waals surface area contributed by atoms with Gasteiger partial charge in [-0.2, -0.15) is 0 Å². The molecule has 1 aromatic rings. The highest BCUT2D eigenvalue weighted by molar-refractivity contribution is 5.89. The molecule has 1 N–H and O–H groups in total. The molecule has 21 heavy (non-hydrogen) atoms. The van der Waals surface area contributed by atoms with Gasteiger partial charge in [0, 0.05) is 25.7 Å². The van der Waals surface area contributed by atoms with E-state index in [9.17, 15) is 9.59 Å². The van der Waals surface area contributed by atoms with Crippen molar-refractivity contribution in [1.29, 1.82) is 0 Å². The number of hydrogen-bond donors (Lipinski definition) is 1. The van der Waals surface area contributed by atoms with Gasteiger partial charge < -0.3 is 14.8 Å². The Bertz CT molecular complexity index is 478. The van der Waals surface area contributed by atoms with E-state index >= 15 is 0 Å². The van der Waals surface area contributed by atoms with E-state index in [1.807, 2.05) is 12.1 Å². The molecule has 1 amide bonds. The lowest BCUT2D eigenvalue weighted by Gasteiger charge is -2.21. The average Bonchev–Trinajstić information content (AvgIpc) is 2.55. The maximum absolute atomic E-state index is 11.9. The number of carbonyl (C=O) groups is 2. The Labute approximate surface area is 124 Å². The highest BCUT2D eigenvalue weighted by Gasteiger charge is 2.20. The average molecular weight is 291 g/mol. The van der Waals surface area contributed by atoms with Gasteiger partial charge in [0.1, 0.15) is 0 Å². The molecule has 114 valence electrons. The second kappa shape index (κ2) is 7.78. The molecule has 1 saturated heterocycles. The third-order valence-corrected chi connectivity index (χ3v) is 3.68. The fraction of sp³-hybridized carbons (Fsp3) is 0.500. The predicted molar refractivity (Wildman–Crippen MR) is 78.0 cm³/mol. The van der Waals surface area contributed by atoms with Crippen LogP contribution in [-0.4, -0.2) is 38.7 Å². The van der Waals surface area contributed by atoms with E-state index < -0.39 is 0 Å². The molecule has 0 bridgehead atoms. The smallest absolute Gasteiger partial charge is 0.337 e. The van der Waals surface area contributed by atoms with Crippen LogP contribution in [0.15, 0.2) is 24.3 Å². The van der Waals surface area contributed by atoms with Crippen molar-refractivity contribution < 1.29 is 19.1 Å². The first kappa shape index (κ1) is 15.5. The Balaban J connectivity index is 1.75. The van der Waals surface area contributed by atoms with Gasteiger partial charge in [-0.1, -0.05) is 12.1 Å². The molecule has 0 radical (unpaired) electrons. The lowest BCUT2D eigenvalue weighted by Crippen LogP contribution is -2.35. The molecule has 0 saturated carbocycles. The van der Waals surface area contributed by atoms with Crippen molar-refractivity contribution >= 4 is 11.9 Å². The molecule has 0 spiro atoms. The lowest BCUT2D eigenvalue weighted by atomic mass is 9.99.